The molecular weight excluding hydrogens is 260 g/mol. The van der Waals surface area contributed by atoms with Gasteiger partial charge in [-0.2, -0.15) is 5.10 Å². The molecule has 102 valence electrons. The lowest BCUT2D eigenvalue weighted by molar-refractivity contribution is 0.292. The van der Waals surface area contributed by atoms with Crippen LogP contribution in [0, 0.1) is 6.92 Å². The summed E-state index contributed by atoms with van der Waals surface area (Å²) >= 11 is 6.22. The first-order valence-corrected chi connectivity index (χ1v) is 6.67. The molecule has 3 nitrogen and oxygen atoms in total. The summed E-state index contributed by atoms with van der Waals surface area (Å²) in [6.45, 7) is 8.91. The van der Waals surface area contributed by atoms with E-state index in [1.807, 2.05) is 25.1 Å². The average molecular weight is 279 g/mol. The van der Waals surface area contributed by atoms with E-state index in [1.165, 1.54) is 0 Å². The SMILES string of the molecule is Cc1cc(OCc2ccn[nH]2)c(C(C)(C)C)cc1Cl. The predicted octanol–water partition coefficient (Wildman–Crippen LogP) is 4.25. The molecule has 0 saturated carbocycles. The Hall–Kier alpha value is -1.48. The second kappa shape index (κ2) is 5.25. The molecule has 0 atom stereocenters. The summed E-state index contributed by atoms with van der Waals surface area (Å²) in [5.74, 6) is 0.879. The smallest absolute Gasteiger partial charge is 0.130 e. The van der Waals surface area contributed by atoms with Gasteiger partial charge < -0.3 is 4.74 Å². The maximum absolute atomic E-state index is 6.22. The predicted molar refractivity (Wildman–Crippen MR) is 77.8 cm³/mol. The number of halogens is 1. The van der Waals surface area contributed by atoms with E-state index in [9.17, 15) is 0 Å². The number of aromatic amines is 1. The van der Waals surface area contributed by atoms with Gasteiger partial charge in [-0.25, -0.2) is 0 Å². The van der Waals surface area contributed by atoms with Crippen LogP contribution in [0.3, 0.4) is 0 Å². The number of nitrogens with one attached hydrogen (secondary N) is 1. The van der Waals surface area contributed by atoms with Crippen LogP contribution in [0.5, 0.6) is 5.75 Å². The number of ether oxygens (including phenoxy) is 1. The minimum Gasteiger partial charge on any atom is -0.487 e. The van der Waals surface area contributed by atoms with Crippen molar-refractivity contribution in [1.82, 2.24) is 10.2 Å². The molecule has 0 bridgehead atoms. The van der Waals surface area contributed by atoms with E-state index in [1.54, 1.807) is 6.20 Å². The van der Waals surface area contributed by atoms with Crippen LogP contribution in [-0.4, -0.2) is 10.2 Å². The molecule has 0 aliphatic heterocycles. The van der Waals surface area contributed by atoms with Crippen LogP contribution in [-0.2, 0) is 12.0 Å². The Labute approximate surface area is 118 Å². The lowest BCUT2D eigenvalue weighted by Gasteiger charge is -2.23. The highest BCUT2D eigenvalue weighted by Gasteiger charge is 2.20. The maximum Gasteiger partial charge on any atom is 0.130 e. The van der Waals surface area contributed by atoms with Crippen LogP contribution in [0.25, 0.3) is 0 Å². The number of hydrogen-bond donors (Lipinski definition) is 1. The molecule has 0 saturated heterocycles. The Bertz CT molecular complexity index is 556. The highest BCUT2D eigenvalue weighted by Crippen LogP contribution is 2.35. The fraction of sp³-hybridized carbons (Fsp3) is 0.400. The van der Waals surface area contributed by atoms with Gasteiger partial charge in [-0.3, -0.25) is 5.10 Å². The molecule has 19 heavy (non-hydrogen) atoms. The number of aromatic nitrogens is 2. The van der Waals surface area contributed by atoms with Crippen molar-refractivity contribution in [1.29, 1.82) is 0 Å². The quantitative estimate of drug-likeness (QED) is 0.911. The second-order valence-corrected chi connectivity index (χ2v) is 6.13. The molecule has 0 unspecified atom stereocenters. The van der Waals surface area contributed by atoms with E-state index in [0.717, 1.165) is 27.6 Å². The van der Waals surface area contributed by atoms with Crippen LogP contribution in [0.15, 0.2) is 24.4 Å². The molecule has 1 heterocycles. The first kappa shape index (κ1) is 13.9. The van der Waals surface area contributed by atoms with E-state index in [2.05, 4.69) is 31.0 Å². The van der Waals surface area contributed by atoms with Gasteiger partial charge in [0.2, 0.25) is 0 Å². The van der Waals surface area contributed by atoms with E-state index in [0.29, 0.717) is 6.61 Å². The minimum absolute atomic E-state index is 0.0132. The molecule has 0 spiro atoms. The van der Waals surface area contributed by atoms with Crippen molar-refractivity contribution in [3.63, 3.8) is 0 Å². The summed E-state index contributed by atoms with van der Waals surface area (Å²) in [6, 6.07) is 5.90. The molecular formula is C15H19ClN2O. The topological polar surface area (TPSA) is 37.9 Å². The molecule has 2 aromatic rings. The fourth-order valence-electron chi connectivity index (χ4n) is 1.88. The summed E-state index contributed by atoms with van der Waals surface area (Å²) in [5, 5.41) is 7.58. The Morgan fingerprint density at radius 3 is 2.63 bits per heavy atom. The van der Waals surface area contributed by atoms with Crippen LogP contribution < -0.4 is 4.74 Å². The van der Waals surface area contributed by atoms with E-state index < -0.39 is 0 Å². The molecule has 1 aromatic carbocycles. The summed E-state index contributed by atoms with van der Waals surface area (Å²) in [5.41, 5.74) is 3.07. The van der Waals surface area contributed by atoms with Gasteiger partial charge in [0, 0.05) is 16.8 Å². The highest BCUT2D eigenvalue weighted by molar-refractivity contribution is 6.31. The van der Waals surface area contributed by atoms with Crippen molar-refractivity contribution in [3.8, 4) is 5.75 Å². The van der Waals surface area contributed by atoms with Gasteiger partial charge in [0.25, 0.3) is 0 Å². The third kappa shape index (κ3) is 3.29. The minimum atomic E-state index is -0.0132. The number of aryl methyl sites for hydroxylation is 1. The van der Waals surface area contributed by atoms with Gasteiger partial charge in [0.15, 0.2) is 0 Å². The Balaban J connectivity index is 2.30. The van der Waals surface area contributed by atoms with Gasteiger partial charge in [-0.15, -0.1) is 0 Å². The van der Waals surface area contributed by atoms with Crippen LogP contribution >= 0.6 is 11.6 Å². The van der Waals surface area contributed by atoms with E-state index >= 15 is 0 Å². The highest BCUT2D eigenvalue weighted by atomic mass is 35.5. The van der Waals surface area contributed by atoms with E-state index in [-0.39, 0.29) is 5.41 Å². The number of benzene rings is 1. The Morgan fingerprint density at radius 1 is 1.32 bits per heavy atom. The van der Waals surface area contributed by atoms with Gasteiger partial charge in [-0.05, 0) is 36.1 Å². The molecule has 1 aromatic heterocycles. The largest absolute Gasteiger partial charge is 0.487 e. The van der Waals surface area contributed by atoms with Crippen molar-refractivity contribution < 1.29 is 4.74 Å². The number of rotatable bonds is 3. The van der Waals surface area contributed by atoms with Gasteiger partial charge in [0.1, 0.15) is 12.4 Å². The molecule has 0 aliphatic rings. The van der Waals surface area contributed by atoms with Crippen molar-refractivity contribution in [3.05, 3.63) is 46.2 Å². The lowest BCUT2D eigenvalue weighted by atomic mass is 9.86. The summed E-state index contributed by atoms with van der Waals surface area (Å²) in [6.07, 6.45) is 1.72. The summed E-state index contributed by atoms with van der Waals surface area (Å²) in [7, 11) is 0. The van der Waals surface area contributed by atoms with Gasteiger partial charge >= 0.3 is 0 Å². The number of hydrogen-bond acceptors (Lipinski definition) is 2. The molecule has 0 radical (unpaired) electrons. The number of nitrogens with zero attached hydrogens (tertiary/aromatic N) is 1. The third-order valence-electron chi connectivity index (χ3n) is 3.01. The van der Waals surface area contributed by atoms with Crippen LogP contribution in [0.2, 0.25) is 5.02 Å². The molecule has 0 fully saturated rings. The third-order valence-corrected chi connectivity index (χ3v) is 3.42. The second-order valence-electron chi connectivity index (χ2n) is 5.72. The normalized spacial score (nSPS) is 11.6. The van der Waals surface area contributed by atoms with Gasteiger partial charge in [-0.1, -0.05) is 32.4 Å². The Kier molecular flexibility index (Phi) is 3.85. The van der Waals surface area contributed by atoms with Gasteiger partial charge in [0.05, 0.1) is 5.69 Å². The number of H-pyrrole nitrogens is 1. The standard InChI is InChI=1S/C15H19ClN2O/c1-10-7-14(19-9-11-5-6-17-18-11)12(8-13(10)16)15(2,3)4/h5-8H,9H2,1-4H3,(H,17,18). The first-order chi connectivity index (χ1) is 8.88. The fourth-order valence-corrected chi connectivity index (χ4v) is 2.04. The summed E-state index contributed by atoms with van der Waals surface area (Å²) < 4.78 is 5.91. The molecule has 2 rings (SSSR count). The average Bonchev–Trinajstić information content (AvgIpc) is 2.81. The molecule has 0 amide bonds. The Morgan fingerprint density at radius 2 is 2.05 bits per heavy atom. The zero-order valence-electron chi connectivity index (χ0n) is 11.7. The van der Waals surface area contributed by atoms with Crippen molar-refractivity contribution in [2.45, 2.75) is 39.7 Å². The molecule has 4 heteroatoms. The zero-order valence-corrected chi connectivity index (χ0v) is 12.5. The molecule has 1 N–H and O–H groups in total. The summed E-state index contributed by atoms with van der Waals surface area (Å²) in [4.78, 5) is 0. The first-order valence-electron chi connectivity index (χ1n) is 6.29. The van der Waals surface area contributed by atoms with Crippen LogP contribution in [0.1, 0.15) is 37.6 Å². The zero-order chi connectivity index (χ0) is 14.0. The van der Waals surface area contributed by atoms with E-state index in [4.69, 9.17) is 16.3 Å². The van der Waals surface area contributed by atoms with Crippen molar-refractivity contribution in [2.24, 2.45) is 0 Å². The lowest BCUT2D eigenvalue weighted by Crippen LogP contribution is -2.14. The van der Waals surface area contributed by atoms with Crippen molar-refractivity contribution >= 4 is 11.6 Å². The van der Waals surface area contributed by atoms with Crippen LogP contribution in [0.4, 0.5) is 0 Å². The van der Waals surface area contributed by atoms with Crippen molar-refractivity contribution in [2.75, 3.05) is 0 Å². The monoisotopic (exact) mass is 278 g/mol. The molecule has 0 aliphatic carbocycles. The maximum atomic E-state index is 6.22.